The van der Waals surface area contributed by atoms with Gasteiger partial charge in [0, 0.05) is 15.9 Å². The highest BCUT2D eigenvalue weighted by Crippen LogP contribution is 2.29. The van der Waals surface area contributed by atoms with Crippen molar-refractivity contribution in [2.75, 3.05) is 5.75 Å². The Morgan fingerprint density at radius 1 is 1.12 bits per heavy atom. The fourth-order valence-electron chi connectivity index (χ4n) is 2.63. The minimum atomic E-state index is -0.215. The zero-order chi connectivity index (χ0) is 23.1. The van der Waals surface area contributed by atoms with E-state index >= 15 is 0 Å². The zero-order valence-electron chi connectivity index (χ0n) is 17.2. The minimum absolute atomic E-state index is 0.193. The molecule has 0 fully saturated rings. The highest BCUT2D eigenvalue weighted by Gasteiger charge is 2.09. The molecule has 166 valence electrons. The van der Waals surface area contributed by atoms with E-state index in [1.54, 1.807) is 6.21 Å². The number of benzene rings is 2. The van der Waals surface area contributed by atoms with Crippen molar-refractivity contribution < 1.29 is 9.53 Å². The van der Waals surface area contributed by atoms with Crippen LogP contribution in [0.2, 0.25) is 0 Å². The van der Waals surface area contributed by atoms with Crippen molar-refractivity contribution in [3.63, 3.8) is 0 Å². The topological polar surface area (TPSA) is 76.5 Å². The van der Waals surface area contributed by atoms with Crippen LogP contribution >= 0.6 is 72.9 Å². The van der Waals surface area contributed by atoms with E-state index in [1.807, 2.05) is 56.3 Å². The maximum absolute atomic E-state index is 12.1. The summed E-state index contributed by atoms with van der Waals surface area (Å²) < 4.78 is 9.01. The number of ether oxygens (including phenoxy) is 1. The molecule has 2 aromatic carbocycles. The number of halogens is 3. The molecule has 0 spiro atoms. The summed E-state index contributed by atoms with van der Waals surface area (Å²) in [5.41, 5.74) is 6.28. The van der Waals surface area contributed by atoms with Gasteiger partial charge in [-0.15, -0.1) is 0 Å². The predicted molar refractivity (Wildman–Crippen MR) is 148 cm³/mol. The van der Waals surface area contributed by atoms with E-state index < -0.39 is 0 Å². The molecule has 0 bridgehead atoms. The highest BCUT2D eigenvalue weighted by atomic mass is 127. The van der Waals surface area contributed by atoms with Crippen LogP contribution < -0.4 is 10.2 Å². The summed E-state index contributed by atoms with van der Waals surface area (Å²) in [7, 11) is 0. The standard InChI is InChI=1S/C22H19BrI2N4O2S/c1-13-7-14(2)28-22(27-13)32-12-20(30)29-26-10-16-8-18(24)21(19(25)9-16)31-11-15-3-5-17(23)6-4-15/h3-10H,11-12H2,1-2H3,(H,29,30)/b26-10-. The van der Waals surface area contributed by atoms with E-state index in [1.165, 1.54) is 11.8 Å². The molecule has 1 heterocycles. The lowest BCUT2D eigenvalue weighted by Crippen LogP contribution is -2.19. The number of nitrogens with zero attached hydrogens (tertiary/aromatic N) is 3. The Bertz CT molecular complexity index is 1100. The number of hydrogen-bond donors (Lipinski definition) is 1. The molecule has 1 aromatic heterocycles. The van der Waals surface area contributed by atoms with Gasteiger partial charge in [-0.3, -0.25) is 4.79 Å². The Balaban J connectivity index is 1.53. The molecule has 0 saturated heterocycles. The summed E-state index contributed by atoms with van der Waals surface area (Å²) in [6, 6.07) is 13.9. The van der Waals surface area contributed by atoms with Gasteiger partial charge < -0.3 is 4.74 Å². The molecular weight excluding hydrogens is 718 g/mol. The van der Waals surface area contributed by atoms with Gasteiger partial charge in [-0.1, -0.05) is 39.8 Å². The lowest BCUT2D eigenvalue weighted by molar-refractivity contribution is -0.118. The molecular formula is C22H19BrI2N4O2S. The molecule has 0 aliphatic rings. The zero-order valence-corrected chi connectivity index (χ0v) is 24.0. The molecule has 6 nitrogen and oxygen atoms in total. The maximum atomic E-state index is 12.1. The molecule has 0 unspecified atom stereocenters. The van der Waals surface area contributed by atoms with Gasteiger partial charge in [0.05, 0.1) is 19.1 Å². The van der Waals surface area contributed by atoms with Gasteiger partial charge in [0.25, 0.3) is 5.91 Å². The number of nitrogens with one attached hydrogen (secondary N) is 1. The number of carbonyl (C=O) groups is 1. The number of carbonyl (C=O) groups excluding carboxylic acids is 1. The van der Waals surface area contributed by atoms with Crippen LogP contribution in [0.3, 0.4) is 0 Å². The molecule has 0 saturated carbocycles. The second kappa shape index (κ2) is 12.3. The average molecular weight is 737 g/mol. The first-order valence-electron chi connectivity index (χ1n) is 9.43. The van der Waals surface area contributed by atoms with Crippen molar-refractivity contribution in [1.29, 1.82) is 0 Å². The first-order chi connectivity index (χ1) is 15.3. The van der Waals surface area contributed by atoms with Gasteiger partial charge >= 0.3 is 0 Å². The number of amides is 1. The molecule has 3 rings (SSSR count). The first kappa shape index (κ1) is 25.4. The van der Waals surface area contributed by atoms with Crippen molar-refractivity contribution in [2.45, 2.75) is 25.6 Å². The van der Waals surface area contributed by atoms with Crippen LogP contribution in [0.15, 0.2) is 57.2 Å². The molecule has 10 heteroatoms. The third-order valence-corrected chi connectivity index (χ3v) is 6.99. The summed E-state index contributed by atoms with van der Waals surface area (Å²) >= 11 is 9.22. The molecule has 1 N–H and O–H groups in total. The van der Waals surface area contributed by atoms with Gasteiger partial charge in [-0.25, -0.2) is 15.4 Å². The quantitative estimate of drug-likeness (QED) is 0.103. The third kappa shape index (κ3) is 7.96. The smallest absolute Gasteiger partial charge is 0.250 e. The number of aromatic nitrogens is 2. The Morgan fingerprint density at radius 3 is 2.38 bits per heavy atom. The van der Waals surface area contributed by atoms with E-state index in [0.29, 0.717) is 11.8 Å². The van der Waals surface area contributed by atoms with Gasteiger partial charge in [0.1, 0.15) is 12.4 Å². The van der Waals surface area contributed by atoms with Gasteiger partial charge in [-0.05, 0) is 100 Å². The van der Waals surface area contributed by atoms with Crippen LogP contribution in [-0.4, -0.2) is 27.8 Å². The Kier molecular flexibility index (Phi) is 9.74. The number of hydrogen-bond acceptors (Lipinski definition) is 6. The maximum Gasteiger partial charge on any atom is 0.250 e. The predicted octanol–water partition coefficient (Wildman–Crippen LogP) is 5.89. The van der Waals surface area contributed by atoms with E-state index in [-0.39, 0.29) is 11.7 Å². The van der Waals surface area contributed by atoms with E-state index in [9.17, 15) is 4.79 Å². The van der Waals surface area contributed by atoms with Crippen molar-refractivity contribution in [3.05, 3.63) is 76.6 Å². The summed E-state index contributed by atoms with van der Waals surface area (Å²) in [6.07, 6.45) is 1.62. The Hall–Kier alpha value is -1.25. The summed E-state index contributed by atoms with van der Waals surface area (Å²) in [5, 5.41) is 4.66. The average Bonchev–Trinajstić information content (AvgIpc) is 2.72. The summed E-state index contributed by atoms with van der Waals surface area (Å²) in [6.45, 7) is 4.30. The normalized spacial score (nSPS) is 11.0. The largest absolute Gasteiger partial charge is 0.487 e. The second-order valence-corrected chi connectivity index (χ2v) is 10.9. The van der Waals surface area contributed by atoms with E-state index in [0.717, 1.165) is 39.9 Å². The van der Waals surface area contributed by atoms with Crippen LogP contribution in [0, 0.1) is 21.0 Å². The van der Waals surface area contributed by atoms with Gasteiger partial charge in [0.15, 0.2) is 5.16 Å². The van der Waals surface area contributed by atoms with Crippen molar-refractivity contribution in [3.8, 4) is 5.75 Å². The van der Waals surface area contributed by atoms with Crippen LogP contribution in [0.4, 0.5) is 0 Å². The third-order valence-electron chi connectivity index (χ3n) is 4.01. The van der Waals surface area contributed by atoms with E-state index in [4.69, 9.17) is 4.74 Å². The number of rotatable bonds is 8. The number of thioether (sulfide) groups is 1. The van der Waals surface area contributed by atoms with Gasteiger partial charge in [-0.2, -0.15) is 5.10 Å². The van der Waals surface area contributed by atoms with Crippen molar-refractivity contribution >= 4 is 85.0 Å². The summed E-state index contributed by atoms with van der Waals surface area (Å²) in [5.74, 6) is 0.811. The lowest BCUT2D eigenvalue weighted by atomic mass is 10.2. The van der Waals surface area contributed by atoms with Crippen LogP contribution in [0.1, 0.15) is 22.5 Å². The highest BCUT2D eigenvalue weighted by molar-refractivity contribution is 14.1. The lowest BCUT2D eigenvalue weighted by Gasteiger charge is -2.11. The molecule has 0 atom stereocenters. The van der Waals surface area contributed by atoms with Crippen LogP contribution in [0.5, 0.6) is 5.75 Å². The number of hydrazone groups is 1. The second-order valence-electron chi connectivity index (χ2n) is 6.74. The monoisotopic (exact) mass is 736 g/mol. The Morgan fingerprint density at radius 2 is 1.75 bits per heavy atom. The molecule has 3 aromatic rings. The molecule has 1 amide bonds. The van der Waals surface area contributed by atoms with Crippen molar-refractivity contribution in [1.82, 2.24) is 15.4 Å². The minimum Gasteiger partial charge on any atom is -0.487 e. The van der Waals surface area contributed by atoms with Gasteiger partial charge in [0.2, 0.25) is 0 Å². The molecule has 0 aliphatic carbocycles. The molecule has 0 radical (unpaired) electrons. The molecule has 0 aliphatic heterocycles. The first-order valence-corrected chi connectivity index (χ1v) is 13.4. The van der Waals surface area contributed by atoms with Crippen molar-refractivity contribution in [2.24, 2.45) is 5.10 Å². The Labute approximate surface area is 226 Å². The summed E-state index contributed by atoms with van der Waals surface area (Å²) in [4.78, 5) is 20.7. The molecule has 32 heavy (non-hydrogen) atoms. The van der Waals surface area contributed by atoms with Crippen LogP contribution in [-0.2, 0) is 11.4 Å². The fraction of sp³-hybridized carbons (Fsp3) is 0.182. The number of aryl methyl sites for hydroxylation is 2. The SMILES string of the molecule is Cc1cc(C)nc(SCC(=O)N/N=C\c2cc(I)c(OCc3ccc(Br)cc3)c(I)c2)n1. The fourth-order valence-corrected chi connectivity index (χ4v) is 5.76. The van der Waals surface area contributed by atoms with Crippen LogP contribution in [0.25, 0.3) is 0 Å². The van der Waals surface area contributed by atoms with E-state index in [2.05, 4.69) is 81.6 Å².